The van der Waals surface area contributed by atoms with E-state index in [0.29, 0.717) is 18.4 Å². The van der Waals surface area contributed by atoms with Crippen molar-refractivity contribution in [1.29, 1.82) is 0 Å². The van der Waals surface area contributed by atoms with Crippen molar-refractivity contribution in [2.45, 2.75) is 76.8 Å². The molecule has 0 spiro atoms. The summed E-state index contributed by atoms with van der Waals surface area (Å²) in [6.07, 6.45) is 2.56. The zero-order chi connectivity index (χ0) is 21.8. The Labute approximate surface area is 175 Å². The standard InChI is InChI=1S/C21H32N2O5S.H2/c1-6-21(7-2,20(25)28-8-3)23-18(24)17-12-11-16(15-9-10-15)19(22-17)29(26,27)13-14(4)5;/h11-12,14-15H,6-10,13H2,1-5H3,(H,23,24);1H. The quantitative estimate of drug-likeness (QED) is 0.575. The molecule has 0 bridgehead atoms. The molecule has 1 heterocycles. The van der Waals surface area contributed by atoms with Crippen LogP contribution < -0.4 is 5.32 Å². The number of sulfone groups is 1. The predicted octanol–water partition coefficient (Wildman–Crippen LogP) is 3.49. The van der Waals surface area contributed by atoms with E-state index in [2.05, 4.69) is 10.3 Å². The first-order valence-electron chi connectivity index (χ1n) is 10.3. The Morgan fingerprint density at radius 2 is 1.86 bits per heavy atom. The highest BCUT2D eigenvalue weighted by molar-refractivity contribution is 7.91. The molecule has 0 aliphatic heterocycles. The fourth-order valence-electron chi connectivity index (χ4n) is 3.37. The molecule has 0 saturated heterocycles. The summed E-state index contributed by atoms with van der Waals surface area (Å²) >= 11 is 0. The molecule has 1 aromatic rings. The number of nitrogens with one attached hydrogen (secondary N) is 1. The van der Waals surface area contributed by atoms with Crippen molar-refractivity contribution >= 4 is 21.7 Å². The van der Waals surface area contributed by atoms with Crippen LogP contribution in [0.25, 0.3) is 0 Å². The third-order valence-corrected chi connectivity index (χ3v) is 7.23. The minimum Gasteiger partial charge on any atom is -0.464 e. The van der Waals surface area contributed by atoms with Gasteiger partial charge in [0.2, 0.25) is 0 Å². The van der Waals surface area contributed by atoms with Gasteiger partial charge in [-0.2, -0.15) is 0 Å². The SMILES string of the molecule is CCOC(=O)C(CC)(CC)NC(=O)c1ccc(C2CC2)c(S(=O)(=O)CC(C)C)n1.[HH]. The molecule has 2 rings (SSSR count). The molecule has 0 atom stereocenters. The van der Waals surface area contributed by atoms with Crippen LogP contribution >= 0.6 is 0 Å². The van der Waals surface area contributed by atoms with E-state index in [1.165, 1.54) is 0 Å². The van der Waals surface area contributed by atoms with Gasteiger partial charge in [0, 0.05) is 1.43 Å². The van der Waals surface area contributed by atoms with Gasteiger partial charge in [-0.15, -0.1) is 0 Å². The lowest BCUT2D eigenvalue weighted by atomic mass is 9.92. The molecular formula is C21H34N2O5S. The van der Waals surface area contributed by atoms with E-state index < -0.39 is 27.3 Å². The Balaban J connectivity index is 0.00000450. The molecule has 1 saturated carbocycles. The van der Waals surface area contributed by atoms with Gasteiger partial charge in [-0.1, -0.05) is 33.8 Å². The lowest BCUT2D eigenvalue weighted by Gasteiger charge is -2.30. The minimum atomic E-state index is -3.61. The van der Waals surface area contributed by atoms with Gasteiger partial charge in [0.05, 0.1) is 12.4 Å². The Bertz CT molecular complexity index is 862. The summed E-state index contributed by atoms with van der Waals surface area (Å²) in [5.41, 5.74) is -0.488. The van der Waals surface area contributed by atoms with Crippen LogP contribution in [0.5, 0.6) is 0 Å². The molecule has 1 aliphatic carbocycles. The van der Waals surface area contributed by atoms with E-state index in [4.69, 9.17) is 4.74 Å². The summed E-state index contributed by atoms with van der Waals surface area (Å²) in [6.45, 7) is 9.18. The largest absolute Gasteiger partial charge is 0.464 e. The highest BCUT2D eigenvalue weighted by Crippen LogP contribution is 2.42. The number of ether oxygens (including phenoxy) is 1. The highest BCUT2D eigenvalue weighted by Gasteiger charge is 2.39. The molecule has 1 N–H and O–H groups in total. The molecule has 0 radical (unpaired) electrons. The number of rotatable bonds is 10. The number of carbonyl (C=O) groups excluding carboxylic acids is 2. The number of hydrogen-bond donors (Lipinski definition) is 1. The Kier molecular flexibility index (Phi) is 7.43. The number of esters is 1. The van der Waals surface area contributed by atoms with Crippen molar-refractivity contribution in [3.63, 3.8) is 0 Å². The van der Waals surface area contributed by atoms with Crippen LogP contribution in [0.1, 0.15) is 83.7 Å². The number of nitrogens with zero attached hydrogens (tertiary/aromatic N) is 1. The summed E-state index contributed by atoms with van der Waals surface area (Å²) in [7, 11) is -3.61. The first-order valence-corrected chi connectivity index (χ1v) is 12.0. The minimum absolute atomic E-state index is 0. The monoisotopic (exact) mass is 426 g/mol. The molecule has 1 amide bonds. The van der Waals surface area contributed by atoms with Crippen molar-refractivity contribution in [2.24, 2.45) is 5.92 Å². The van der Waals surface area contributed by atoms with Crippen molar-refractivity contribution in [3.05, 3.63) is 23.4 Å². The molecule has 1 fully saturated rings. The summed E-state index contributed by atoms with van der Waals surface area (Å²) < 4.78 is 30.9. The number of aromatic nitrogens is 1. The van der Waals surface area contributed by atoms with Crippen molar-refractivity contribution in [2.75, 3.05) is 12.4 Å². The maximum Gasteiger partial charge on any atom is 0.331 e. The van der Waals surface area contributed by atoms with Gasteiger partial charge in [-0.05, 0) is 56.1 Å². The van der Waals surface area contributed by atoms with E-state index in [-0.39, 0.29) is 36.3 Å². The maximum absolute atomic E-state index is 12.9. The molecular weight excluding hydrogens is 392 g/mol. The second-order valence-electron chi connectivity index (χ2n) is 8.00. The molecule has 29 heavy (non-hydrogen) atoms. The summed E-state index contributed by atoms with van der Waals surface area (Å²) in [5, 5.41) is 2.74. The van der Waals surface area contributed by atoms with Crippen LogP contribution in [0, 0.1) is 5.92 Å². The zero-order valence-corrected chi connectivity index (χ0v) is 18.8. The Morgan fingerprint density at radius 3 is 2.34 bits per heavy atom. The second-order valence-corrected chi connectivity index (χ2v) is 9.95. The molecule has 164 valence electrons. The number of amides is 1. The van der Waals surface area contributed by atoms with E-state index in [1.54, 1.807) is 32.9 Å². The normalized spacial score (nSPS) is 14.7. The third-order valence-electron chi connectivity index (χ3n) is 5.21. The fraction of sp³-hybridized carbons (Fsp3) is 0.667. The van der Waals surface area contributed by atoms with Gasteiger partial charge in [0.1, 0.15) is 11.2 Å². The van der Waals surface area contributed by atoms with Gasteiger partial charge in [0.25, 0.3) is 5.91 Å². The number of pyridine rings is 1. The first kappa shape index (κ1) is 23.3. The van der Waals surface area contributed by atoms with Gasteiger partial charge in [0.15, 0.2) is 14.9 Å². The smallest absolute Gasteiger partial charge is 0.331 e. The first-order chi connectivity index (χ1) is 13.6. The molecule has 1 aliphatic rings. The lowest BCUT2D eigenvalue weighted by Crippen LogP contribution is -2.54. The predicted molar refractivity (Wildman–Crippen MR) is 113 cm³/mol. The van der Waals surface area contributed by atoms with Crippen LogP contribution in [0.15, 0.2) is 17.2 Å². The number of hydrogen-bond acceptors (Lipinski definition) is 6. The van der Waals surface area contributed by atoms with Crippen molar-refractivity contribution < 1.29 is 24.2 Å². The van der Waals surface area contributed by atoms with E-state index in [0.717, 1.165) is 12.8 Å². The van der Waals surface area contributed by atoms with Crippen molar-refractivity contribution in [3.8, 4) is 0 Å². The summed E-state index contributed by atoms with van der Waals surface area (Å²) in [4.78, 5) is 29.6. The van der Waals surface area contributed by atoms with Gasteiger partial charge < -0.3 is 10.1 Å². The molecule has 1 aromatic heterocycles. The second kappa shape index (κ2) is 9.24. The number of carbonyl (C=O) groups is 2. The lowest BCUT2D eigenvalue weighted by molar-refractivity contribution is -0.151. The topological polar surface area (TPSA) is 102 Å². The van der Waals surface area contributed by atoms with Crippen LogP contribution in [-0.4, -0.2) is 43.2 Å². The van der Waals surface area contributed by atoms with Gasteiger partial charge in [-0.3, -0.25) is 4.79 Å². The average Bonchev–Trinajstić information content (AvgIpc) is 3.50. The van der Waals surface area contributed by atoms with E-state index in [1.807, 2.05) is 13.8 Å². The zero-order valence-electron chi connectivity index (χ0n) is 17.9. The van der Waals surface area contributed by atoms with Gasteiger partial charge in [-0.25, -0.2) is 18.2 Å². The van der Waals surface area contributed by atoms with Crippen molar-refractivity contribution in [1.82, 2.24) is 10.3 Å². The molecule has 8 heteroatoms. The fourth-order valence-corrected chi connectivity index (χ4v) is 5.23. The van der Waals surface area contributed by atoms with Gasteiger partial charge >= 0.3 is 5.97 Å². The van der Waals surface area contributed by atoms with E-state index in [9.17, 15) is 18.0 Å². The molecule has 0 aromatic carbocycles. The molecule has 7 nitrogen and oxygen atoms in total. The summed E-state index contributed by atoms with van der Waals surface area (Å²) in [6, 6.07) is 3.23. The van der Waals surface area contributed by atoms with Crippen LogP contribution in [0.2, 0.25) is 0 Å². The van der Waals surface area contributed by atoms with Crippen LogP contribution in [0.3, 0.4) is 0 Å². The Hall–Kier alpha value is -1.96. The third kappa shape index (κ3) is 5.35. The summed E-state index contributed by atoms with van der Waals surface area (Å²) in [5.74, 6) is -0.975. The Morgan fingerprint density at radius 1 is 1.24 bits per heavy atom. The van der Waals surface area contributed by atoms with Crippen LogP contribution in [-0.2, 0) is 19.4 Å². The maximum atomic E-state index is 12.9. The average molecular weight is 427 g/mol. The molecule has 0 unspecified atom stereocenters. The van der Waals surface area contributed by atoms with Crippen LogP contribution in [0.4, 0.5) is 0 Å². The van der Waals surface area contributed by atoms with E-state index >= 15 is 0 Å². The highest BCUT2D eigenvalue weighted by atomic mass is 32.2.